The van der Waals surface area contributed by atoms with E-state index in [-0.39, 0.29) is 22.3 Å². The molecule has 6 nitrogen and oxygen atoms in total. The highest BCUT2D eigenvalue weighted by atomic mass is 16.8. The second-order valence-electron chi connectivity index (χ2n) is 5.17. The largest absolute Gasteiger partial charge is 0.762 e. The monoisotopic (exact) mass is 284 g/mol. The van der Waals surface area contributed by atoms with Crippen molar-refractivity contribution in [3.05, 3.63) is 34.2 Å². The molecule has 0 aromatic carbocycles. The van der Waals surface area contributed by atoms with Crippen LogP contribution in [0, 0.1) is 22.3 Å². The van der Waals surface area contributed by atoms with E-state index >= 15 is 0 Å². The fourth-order valence-corrected chi connectivity index (χ4v) is 3.61. The summed E-state index contributed by atoms with van der Waals surface area (Å²) in [5, 5.41) is 41.6. The zero-order chi connectivity index (χ0) is 15.4. The SMILES string of the molecule is C=CC1=C(CC)C(N([O-])O)C(N([O-])O)C(CC)C1CC. The smallest absolute Gasteiger partial charge is 0.0602 e. The number of nitrogens with zero attached hydrogens (tertiary/aromatic N) is 2. The first-order chi connectivity index (χ1) is 9.44. The Balaban J connectivity index is 3.46. The van der Waals surface area contributed by atoms with Gasteiger partial charge in [0.05, 0.1) is 6.04 Å². The highest BCUT2D eigenvalue weighted by Gasteiger charge is 2.42. The summed E-state index contributed by atoms with van der Waals surface area (Å²) in [4.78, 5) is 0. The maximum atomic E-state index is 11.5. The molecule has 116 valence electrons. The first-order valence-electron chi connectivity index (χ1n) is 7.10. The molecule has 20 heavy (non-hydrogen) atoms. The van der Waals surface area contributed by atoms with Crippen molar-refractivity contribution in [2.75, 3.05) is 0 Å². The zero-order valence-electron chi connectivity index (χ0n) is 12.3. The van der Waals surface area contributed by atoms with Crippen molar-refractivity contribution >= 4 is 0 Å². The molecule has 4 unspecified atom stereocenters. The number of allylic oxidation sites excluding steroid dienone is 2. The molecule has 0 aromatic rings. The van der Waals surface area contributed by atoms with E-state index in [1.54, 1.807) is 6.08 Å². The molecule has 1 aliphatic rings. The molecule has 6 heteroatoms. The van der Waals surface area contributed by atoms with Crippen molar-refractivity contribution in [1.82, 2.24) is 10.5 Å². The number of hydrogen-bond acceptors (Lipinski definition) is 6. The molecule has 0 saturated heterocycles. The van der Waals surface area contributed by atoms with Crippen LogP contribution in [0.2, 0.25) is 0 Å². The van der Waals surface area contributed by atoms with Crippen molar-refractivity contribution in [3.8, 4) is 0 Å². The summed E-state index contributed by atoms with van der Waals surface area (Å²) >= 11 is 0. The Hall–Kier alpha value is -0.760. The number of hydroxylamine groups is 4. The van der Waals surface area contributed by atoms with Crippen molar-refractivity contribution in [3.63, 3.8) is 0 Å². The van der Waals surface area contributed by atoms with Gasteiger partial charge in [-0.15, -0.1) is 0 Å². The van der Waals surface area contributed by atoms with Crippen molar-refractivity contribution in [2.45, 2.75) is 52.1 Å². The van der Waals surface area contributed by atoms with E-state index in [0.717, 1.165) is 12.0 Å². The summed E-state index contributed by atoms with van der Waals surface area (Å²) in [5.74, 6) is -0.156. The Labute approximate surface area is 120 Å². The van der Waals surface area contributed by atoms with Crippen molar-refractivity contribution in [1.29, 1.82) is 0 Å². The van der Waals surface area contributed by atoms with Crippen LogP contribution in [0.3, 0.4) is 0 Å². The quantitative estimate of drug-likeness (QED) is 0.728. The van der Waals surface area contributed by atoms with Gasteiger partial charge in [-0.2, -0.15) is 0 Å². The van der Waals surface area contributed by atoms with E-state index in [9.17, 15) is 20.8 Å². The topological polar surface area (TPSA) is 93.1 Å². The Bertz CT molecular complexity index is 368. The van der Waals surface area contributed by atoms with Crippen molar-refractivity contribution in [2.24, 2.45) is 11.8 Å². The van der Waals surface area contributed by atoms with Crippen LogP contribution in [0.4, 0.5) is 0 Å². The first-order valence-corrected chi connectivity index (χ1v) is 7.10. The Morgan fingerprint density at radius 3 is 2.05 bits per heavy atom. The highest BCUT2D eigenvalue weighted by Crippen LogP contribution is 2.43. The van der Waals surface area contributed by atoms with Gasteiger partial charge < -0.3 is 20.8 Å². The predicted molar refractivity (Wildman–Crippen MR) is 76.6 cm³/mol. The minimum absolute atomic E-state index is 0.0530. The third kappa shape index (κ3) is 2.95. The van der Waals surface area contributed by atoms with Gasteiger partial charge in [0.15, 0.2) is 0 Å². The van der Waals surface area contributed by atoms with Gasteiger partial charge in [0.2, 0.25) is 0 Å². The van der Waals surface area contributed by atoms with Gasteiger partial charge in [-0.05, 0) is 35.8 Å². The minimum Gasteiger partial charge on any atom is -0.762 e. The first kappa shape index (κ1) is 17.3. The molecule has 0 amide bonds. The van der Waals surface area contributed by atoms with Crippen LogP contribution in [-0.4, -0.2) is 33.0 Å². The predicted octanol–water partition coefficient (Wildman–Crippen LogP) is 3.06. The summed E-state index contributed by atoms with van der Waals surface area (Å²) in [6, 6.07) is -2.02. The van der Waals surface area contributed by atoms with Gasteiger partial charge in [-0.25, -0.2) is 0 Å². The lowest BCUT2D eigenvalue weighted by Gasteiger charge is -2.53. The standard InChI is InChI=1S/C14H24N2O4/c1-5-9-10(6-2)12(8-4)14(16(19)20)13(15(17)18)11(9)7-3/h5,10,12-14,17,19H,1,6-8H2,2-4H3/q-2. The molecule has 0 fully saturated rings. The zero-order valence-corrected chi connectivity index (χ0v) is 12.3. The maximum Gasteiger partial charge on any atom is 0.0602 e. The third-order valence-electron chi connectivity index (χ3n) is 4.41. The van der Waals surface area contributed by atoms with Crippen LogP contribution in [-0.2, 0) is 0 Å². The Morgan fingerprint density at radius 2 is 1.75 bits per heavy atom. The lowest BCUT2D eigenvalue weighted by Crippen LogP contribution is -2.55. The normalized spacial score (nSPS) is 31.2. The molecule has 1 aliphatic carbocycles. The van der Waals surface area contributed by atoms with E-state index in [2.05, 4.69) is 6.58 Å². The van der Waals surface area contributed by atoms with E-state index in [1.165, 1.54) is 0 Å². The van der Waals surface area contributed by atoms with Gasteiger partial charge in [0, 0.05) is 6.04 Å². The second kappa shape index (κ2) is 7.31. The molecule has 0 radical (unpaired) electrons. The highest BCUT2D eigenvalue weighted by molar-refractivity contribution is 5.36. The average molecular weight is 284 g/mol. The Morgan fingerprint density at radius 1 is 1.15 bits per heavy atom. The lowest BCUT2D eigenvalue weighted by atomic mass is 9.67. The van der Waals surface area contributed by atoms with Gasteiger partial charge in [0.1, 0.15) is 0 Å². The second-order valence-corrected chi connectivity index (χ2v) is 5.17. The summed E-state index contributed by atoms with van der Waals surface area (Å²) in [6.07, 6.45) is 3.63. The molecule has 0 spiro atoms. The molecule has 4 atom stereocenters. The summed E-state index contributed by atoms with van der Waals surface area (Å²) in [7, 11) is 0. The molecule has 0 aromatic heterocycles. The summed E-state index contributed by atoms with van der Waals surface area (Å²) in [5.41, 5.74) is 1.59. The number of rotatable bonds is 6. The van der Waals surface area contributed by atoms with Crippen LogP contribution in [0.25, 0.3) is 0 Å². The summed E-state index contributed by atoms with van der Waals surface area (Å²) in [6.45, 7) is 9.57. The van der Waals surface area contributed by atoms with Crippen LogP contribution < -0.4 is 0 Å². The molecular formula is C14H24N2O4-2. The molecule has 0 saturated carbocycles. The van der Waals surface area contributed by atoms with E-state index in [4.69, 9.17) is 0 Å². The lowest BCUT2D eigenvalue weighted by molar-refractivity contribution is -0.167. The van der Waals surface area contributed by atoms with Gasteiger partial charge in [-0.3, -0.25) is 10.5 Å². The fourth-order valence-electron chi connectivity index (χ4n) is 3.61. The average Bonchev–Trinajstić information content (AvgIpc) is 2.42. The Kier molecular flexibility index (Phi) is 6.32. The van der Waals surface area contributed by atoms with Crippen LogP contribution in [0.15, 0.2) is 23.8 Å². The molecule has 0 bridgehead atoms. The third-order valence-corrected chi connectivity index (χ3v) is 4.41. The summed E-state index contributed by atoms with van der Waals surface area (Å²) < 4.78 is 0. The van der Waals surface area contributed by atoms with Gasteiger partial charge in [-0.1, -0.05) is 39.8 Å². The molecule has 1 rings (SSSR count). The van der Waals surface area contributed by atoms with Crippen LogP contribution in [0.5, 0.6) is 0 Å². The maximum absolute atomic E-state index is 11.5. The van der Waals surface area contributed by atoms with E-state index in [0.29, 0.717) is 18.4 Å². The van der Waals surface area contributed by atoms with Crippen LogP contribution >= 0.6 is 0 Å². The van der Waals surface area contributed by atoms with Gasteiger partial charge >= 0.3 is 0 Å². The minimum atomic E-state index is -1.05. The van der Waals surface area contributed by atoms with Crippen molar-refractivity contribution < 1.29 is 10.4 Å². The van der Waals surface area contributed by atoms with Gasteiger partial charge in [0.25, 0.3) is 0 Å². The molecule has 0 heterocycles. The van der Waals surface area contributed by atoms with E-state index < -0.39 is 12.1 Å². The number of hydrogen-bond donors (Lipinski definition) is 2. The molecular weight excluding hydrogens is 260 g/mol. The molecule has 2 N–H and O–H groups in total. The van der Waals surface area contributed by atoms with Crippen LogP contribution in [0.1, 0.15) is 40.0 Å². The molecule has 0 aliphatic heterocycles. The fraction of sp³-hybridized carbons (Fsp3) is 0.714. The van der Waals surface area contributed by atoms with E-state index in [1.807, 2.05) is 20.8 Å².